The van der Waals surface area contributed by atoms with Crippen LogP contribution in [0.3, 0.4) is 0 Å². The molecule has 2 heterocycles. The van der Waals surface area contributed by atoms with Crippen LogP contribution in [-0.4, -0.2) is 83.3 Å². The van der Waals surface area contributed by atoms with E-state index in [9.17, 15) is 46.3 Å². The lowest BCUT2D eigenvalue weighted by Crippen LogP contribution is -2.60. The summed E-state index contributed by atoms with van der Waals surface area (Å²) in [5.41, 5.74) is -1.03. The van der Waals surface area contributed by atoms with Gasteiger partial charge in [0.25, 0.3) is 0 Å². The Balaban J connectivity index is 0.000000156. The molecule has 11 aliphatic rings. The van der Waals surface area contributed by atoms with Crippen LogP contribution in [0.5, 0.6) is 0 Å². The summed E-state index contributed by atoms with van der Waals surface area (Å²) in [5.74, 6) is -14.9. The summed E-state index contributed by atoms with van der Waals surface area (Å²) < 4.78 is 86.8. The fraction of sp³-hybridized carbons (Fsp3) is 0.864. The Labute approximate surface area is 346 Å². The van der Waals surface area contributed by atoms with Crippen molar-refractivity contribution in [1.29, 1.82) is 0 Å². The van der Waals surface area contributed by atoms with Crippen LogP contribution in [0, 0.1) is 71.0 Å². The van der Waals surface area contributed by atoms with Gasteiger partial charge in [0.2, 0.25) is 0 Å². The van der Waals surface area contributed by atoms with Gasteiger partial charge in [-0.25, -0.2) is 9.59 Å². The second-order valence-electron chi connectivity index (χ2n) is 20.1. The van der Waals surface area contributed by atoms with Crippen molar-refractivity contribution < 1.29 is 74.8 Å². The molecule has 60 heavy (non-hydrogen) atoms. The molecule has 2 saturated heterocycles. The average Bonchev–Trinajstić information content (AvgIpc) is 4.01. The minimum Gasteiger partial charge on any atom is -0.459 e. The topological polar surface area (TPSA) is 158 Å². The average molecular weight is 853 g/mol. The number of ether oxygens (including phenoxy) is 6. The minimum atomic E-state index is -3.65. The fourth-order valence-electron chi connectivity index (χ4n) is 14.5. The summed E-state index contributed by atoms with van der Waals surface area (Å²) in [4.78, 5) is 75.3. The third-order valence-electron chi connectivity index (χ3n) is 16.9. The molecule has 16 heteroatoms. The quantitative estimate of drug-likeness (QED) is 0.133. The van der Waals surface area contributed by atoms with Crippen LogP contribution in [0.15, 0.2) is 0 Å². The van der Waals surface area contributed by atoms with Crippen molar-refractivity contribution in [1.82, 2.24) is 0 Å². The largest absolute Gasteiger partial charge is 0.459 e. The van der Waals surface area contributed by atoms with Gasteiger partial charge in [0.1, 0.15) is 35.6 Å². The van der Waals surface area contributed by atoms with Crippen LogP contribution in [0.1, 0.15) is 118 Å². The number of alkyl halides is 4. The third kappa shape index (κ3) is 6.55. The van der Waals surface area contributed by atoms with Gasteiger partial charge in [-0.15, -0.1) is 0 Å². The van der Waals surface area contributed by atoms with Crippen molar-refractivity contribution in [3.63, 3.8) is 0 Å². The Morgan fingerprint density at radius 2 is 1.05 bits per heavy atom. The first-order valence-corrected chi connectivity index (χ1v) is 22.3. The Morgan fingerprint density at radius 1 is 0.617 bits per heavy atom. The first kappa shape index (κ1) is 41.9. The number of rotatable bonds is 10. The predicted molar refractivity (Wildman–Crippen MR) is 196 cm³/mol. The van der Waals surface area contributed by atoms with Crippen LogP contribution < -0.4 is 0 Å². The van der Waals surface area contributed by atoms with E-state index in [1.54, 1.807) is 0 Å². The summed E-state index contributed by atoms with van der Waals surface area (Å²) >= 11 is 0. The van der Waals surface area contributed by atoms with Crippen LogP contribution in [-0.2, 0) is 57.2 Å². The normalized spacial score (nSPS) is 44.5. The molecule has 2 aliphatic heterocycles. The maximum absolute atomic E-state index is 13.6. The number of carbonyl (C=O) groups excluding carboxylic acids is 6. The molecule has 0 aromatic heterocycles. The second-order valence-corrected chi connectivity index (χ2v) is 20.1. The molecule has 12 atom stereocenters. The van der Waals surface area contributed by atoms with Crippen LogP contribution in [0.2, 0.25) is 0 Å². The Bertz CT molecular complexity index is 1770. The zero-order chi connectivity index (χ0) is 42.8. The molecule has 9 saturated carbocycles. The monoisotopic (exact) mass is 852 g/mol. The molecular formula is C44H56F4O12. The molecule has 12 unspecified atom stereocenters. The molecule has 11 rings (SSSR count). The summed E-state index contributed by atoms with van der Waals surface area (Å²) in [6.07, 6.45) is 9.08. The van der Waals surface area contributed by atoms with Gasteiger partial charge < -0.3 is 28.4 Å². The molecule has 0 N–H and O–H groups in total. The van der Waals surface area contributed by atoms with Crippen LogP contribution in [0.25, 0.3) is 0 Å². The lowest BCUT2D eigenvalue weighted by Gasteiger charge is -2.60. The molecule has 8 bridgehead atoms. The molecule has 0 amide bonds. The van der Waals surface area contributed by atoms with Gasteiger partial charge in [0.05, 0.1) is 23.7 Å². The molecule has 0 spiro atoms. The molecule has 9 aliphatic carbocycles. The number of esters is 6. The molecule has 0 aromatic carbocycles. The van der Waals surface area contributed by atoms with Gasteiger partial charge >= 0.3 is 47.7 Å². The highest BCUT2D eigenvalue weighted by atomic mass is 19.3. The number of halogens is 4. The lowest BCUT2D eigenvalue weighted by atomic mass is 9.49. The standard InChI is InChI=1S/C24H30F2O6.C20H26F2O6/c1-3-24(12-5-10-4-11(7-12)8-13(24)6-10)32-21(28)17-15-9-14-16(17)20(27)30-18(14)19(15)31-22(29)23(2,25)26;1-3-20(7-5-4-6-8-20)28-17(24)13-11-9-10-12(13)16(23)26-14(10)15(11)27-18(25)19(2,21)22/h10-19H,3-9H2,1-2H3;10-15H,3-9H2,1-2H3. The molecular weight excluding hydrogens is 796 g/mol. The highest BCUT2D eigenvalue weighted by Crippen LogP contribution is 2.64. The van der Waals surface area contributed by atoms with E-state index in [0.29, 0.717) is 44.9 Å². The van der Waals surface area contributed by atoms with E-state index in [4.69, 9.17) is 28.4 Å². The third-order valence-corrected chi connectivity index (χ3v) is 16.9. The van der Waals surface area contributed by atoms with Crippen molar-refractivity contribution in [3.8, 4) is 0 Å². The van der Waals surface area contributed by atoms with Gasteiger partial charge in [-0.05, 0) is 107 Å². The minimum absolute atomic E-state index is 0.288. The molecule has 0 radical (unpaired) electrons. The maximum Gasteiger partial charge on any atom is 0.377 e. The number of hydrogen-bond donors (Lipinski definition) is 0. The maximum atomic E-state index is 13.6. The Kier molecular flexibility index (Phi) is 10.2. The van der Waals surface area contributed by atoms with Crippen molar-refractivity contribution in [2.45, 2.75) is 165 Å². The first-order valence-electron chi connectivity index (χ1n) is 22.3. The number of carbonyl (C=O) groups is 6. The predicted octanol–water partition coefficient (Wildman–Crippen LogP) is 6.53. The highest BCUT2D eigenvalue weighted by molar-refractivity contribution is 5.88. The molecule has 0 aromatic rings. The van der Waals surface area contributed by atoms with Crippen LogP contribution in [0.4, 0.5) is 17.6 Å². The summed E-state index contributed by atoms with van der Waals surface area (Å²) in [6.45, 7) is 5.00. The summed E-state index contributed by atoms with van der Waals surface area (Å²) in [5, 5.41) is 0. The molecule has 332 valence electrons. The smallest absolute Gasteiger partial charge is 0.377 e. The second kappa shape index (κ2) is 14.6. The van der Waals surface area contributed by atoms with E-state index in [1.807, 2.05) is 6.92 Å². The van der Waals surface area contributed by atoms with E-state index in [2.05, 4.69) is 6.92 Å². The van der Waals surface area contributed by atoms with Gasteiger partial charge in [-0.3, -0.25) is 19.2 Å². The fourth-order valence-corrected chi connectivity index (χ4v) is 14.5. The van der Waals surface area contributed by atoms with Crippen molar-refractivity contribution in [2.75, 3.05) is 0 Å². The van der Waals surface area contributed by atoms with Crippen molar-refractivity contribution in [3.05, 3.63) is 0 Å². The zero-order valence-corrected chi connectivity index (χ0v) is 34.5. The lowest BCUT2D eigenvalue weighted by molar-refractivity contribution is -0.218. The van der Waals surface area contributed by atoms with E-state index in [1.165, 1.54) is 6.42 Å². The SMILES string of the molecule is CCC1(OC(=O)C2C3CC4C(OC(=O)C42)C3OC(=O)C(C)(F)F)C2CC3CC(C2)CC1C3.CCC1(OC(=O)C2C3CC4C(OC(=O)C42)C3OC(=O)C(C)(F)F)CCCCC1. The van der Waals surface area contributed by atoms with Crippen molar-refractivity contribution in [2.24, 2.45) is 71.0 Å². The summed E-state index contributed by atoms with van der Waals surface area (Å²) in [6, 6.07) is 0. The van der Waals surface area contributed by atoms with E-state index in [-0.39, 0.29) is 11.8 Å². The Hall–Kier alpha value is -3.46. The van der Waals surface area contributed by atoms with E-state index < -0.39 is 119 Å². The van der Waals surface area contributed by atoms with Crippen LogP contribution >= 0.6 is 0 Å². The van der Waals surface area contributed by atoms with E-state index >= 15 is 0 Å². The molecule has 12 nitrogen and oxygen atoms in total. The number of fused-ring (bicyclic) bond motifs is 2. The highest BCUT2D eigenvalue weighted by Gasteiger charge is 2.73. The van der Waals surface area contributed by atoms with E-state index in [0.717, 1.165) is 76.0 Å². The van der Waals surface area contributed by atoms with Crippen molar-refractivity contribution >= 4 is 35.8 Å². The number of hydrogen-bond acceptors (Lipinski definition) is 12. The molecule has 11 fully saturated rings. The van der Waals surface area contributed by atoms with Gasteiger partial charge in [0.15, 0.2) is 0 Å². The van der Waals surface area contributed by atoms with Gasteiger partial charge in [-0.2, -0.15) is 17.6 Å². The van der Waals surface area contributed by atoms with Gasteiger partial charge in [-0.1, -0.05) is 20.3 Å². The van der Waals surface area contributed by atoms with Gasteiger partial charge in [0, 0.05) is 37.5 Å². The first-order chi connectivity index (χ1) is 28.3. The summed E-state index contributed by atoms with van der Waals surface area (Å²) in [7, 11) is 0. The zero-order valence-electron chi connectivity index (χ0n) is 34.5. The Morgan fingerprint density at radius 3 is 1.45 bits per heavy atom.